The van der Waals surface area contributed by atoms with Gasteiger partial charge in [-0.05, 0) is 24.6 Å². The van der Waals surface area contributed by atoms with Gasteiger partial charge in [-0.2, -0.15) is 5.10 Å². The van der Waals surface area contributed by atoms with Gasteiger partial charge in [-0.15, -0.1) is 0 Å². The fourth-order valence-corrected chi connectivity index (χ4v) is 2.13. The van der Waals surface area contributed by atoms with Crippen molar-refractivity contribution in [1.82, 2.24) is 9.78 Å². The molecule has 1 aromatic heterocycles. The summed E-state index contributed by atoms with van der Waals surface area (Å²) in [4.78, 5) is 0. The molecule has 2 N–H and O–H groups in total. The molecule has 2 aromatic rings. The van der Waals surface area contributed by atoms with E-state index in [4.69, 9.17) is 22.1 Å². The second-order valence-corrected chi connectivity index (χ2v) is 4.31. The Hall–Kier alpha value is -1.68. The van der Waals surface area contributed by atoms with E-state index in [0.29, 0.717) is 10.8 Å². The molecule has 5 heteroatoms. The molecule has 0 bridgehead atoms. The van der Waals surface area contributed by atoms with Crippen LogP contribution in [0.15, 0.2) is 18.3 Å². The maximum atomic E-state index is 6.06. The Bertz CT molecular complexity index is 563. The number of anilines is 1. The minimum atomic E-state index is 0.588. The molecule has 0 aliphatic heterocycles. The lowest BCUT2D eigenvalue weighted by Gasteiger charge is -2.11. The molecule has 0 spiro atoms. The first-order valence-corrected chi connectivity index (χ1v) is 5.54. The molecule has 0 amide bonds. The maximum absolute atomic E-state index is 6.06. The fourth-order valence-electron chi connectivity index (χ4n) is 1.86. The molecule has 0 atom stereocenters. The number of nitrogens with zero attached hydrogens (tertiary/aromatic N) is 2. The molecule has 1 aromatic carbocycles. The number of benzene rings is 1. The second kappa shape index (κ2) is 4.30. The Morgan fingerprint density at radius 2 is 2.06 bits per heavy atom. The van der Waals surface area contributed by atoms with Crippen LogP contribution in [0.3, 0.4) is 0 Å². The summed E-state index contributed by atoms with van der Waals surface area (Å²) in [7, 11) is 3.43. The van der Waals surface area contributed by atoms with Crippen LogP contribution in [0.25, 0.3) is 11.1 Å². The van der Waals surface area contributed by atoms with Gasteiger partial charge >= 0.3 is 0 Å². The van der Waals surface area contributed by atoms with Crippen molar-refractivity contribution in [2.75, 3.05) is 12.8 Å². The van der Waals surface area contributed by atoms with Crippen LogP contribution >= 0.6 is 11.6 Å². The summed E-state index contributed by atoms with van der Waals surface area (Å²) in [5.41, 5.74) is 8.62. The van der Waals surface area contributed by atoms with E-state index in [1.54, 1.807) is 25.0 Å². The van der Waals surface area contributed by atoms with Crippen molar-refractivity contribution in [3.8, 4) is 16.9 Å². The number of halogens is 1. The molecule has 0 aliphatic rings. The standard InChI is InChI=1S/C12H14ClN3O/c1-7-4-8(13)5-9(11(7)17-3)10-6-15-16(2)12(10)14/h4-6H,14H2,1-3H3. The minimum Gasteiger partial charge on any atom is -0.496 e. The summed E-state index contributed by atoms with van der Waals surface area (Å²) in [5, 5.41) is 4.77. The van der Waals surface area contributed by atoms with Gasteiger partial charge in [-0.1, -0.05) is 11.6 Å². The van der Waals surface area contributed by atoms with Crippen molar-refractivity contribution in [1.29, 1.82) is 0 Å². The fraction of sp³-hybridized carbons (Fsp3) is 0.250. The molecule has 2 rings (SSSR count). The molecule has 1 heterocycles. The number of nitrogen functional groups attached to an aromatic ring is 1. The van der Waals surface area contributed by atoms with Crippen molar-refractivity contribution in [2.45, 2.75) is 6.92 Å². The number of methoxy groups -OCH3 is 1. The van der Waals surface area contributed by atoms with Gasteiger partial charge in [-0.3, -0.25) is 4.68 Å². The molecule has 0 aliphatic carbocycles. The third kappa shape index (κ3) is 1.96. The van der Waals surface area contributed by atoms with E-state index in [2.05, 4.69) is 5.10 Å². The second-order valence-electron chi connectivity index (χ2n) is 3.87. The van der Waals surface area contributed by atoms with Crippen LogP contribution < -0.4 is 10.5 Å². The average molecular weight is 252 g/mol. The van der Waals surface area contributed by atoms with Gasteiger partial charge in [0.1, 0.15) is 11.6 Å². The first-order chi connectivity index (χ1) is 8.04. The van der Waals surface area contributed by atoms with Crippen molar-refractivity contribution in [2.24, 2.45) is 7.05 Å². The Kier molecular flexibility index (Phi) is 2.98. The number of aryl methyl sites for hydroxylation is 2. The van der Waals surface area contributed by atoms with Gasteiger partial charge in [0.15, 0.2) is 0 Å². The molecule has 0 unspecified atom stereocenters. The Labute approximate surface area is 105 Å². The number of ether oxygens (including phenoxy) is 1. The van der Waals surface area contributed by atoms with Crippen LogP contribution in [-0.4, -0.2) is 16.9 Å². The zero-order valence-corrected chi connectivity index (χ0v) is 10.7. The van der Waals surface area contributed by atoms with Crippen molar-refractivity contribution in [3.05, 3.63) is 28.9 Å². The van der Waals surface area contributed by atoms with Gasteiger partial charge in [-0.25, -0.2) is 0 Å². The lowest BCUT2D eigenvalue weighted by atomic mass is 10.0. The Morgan fingerprint density at radius 1 is 1.35 bits per heavy atom. The summed E-state index contributed by atoms with van der Waals surface area (Å²) in [6, 6.07) is 3.69. The number of hydrogen-bond donors (Lipinski definition) is 1. The van der Waals surface area contributed by atoms with E-state index in [-0.39, 0.29) is 0 Å². The smallest absolute Gasteiger partial charge is 0.129 e. The largest absolute Gasteiger partial charge is 0.496 e. The lowest BCUT2D eigenvalue weighted by molar-refractivity contribution is 0.413. The van der Waals surface area contributed by atoms with Gasteiger partial charge < -0.3 is 10.5 Å². The number of nitrogens with two attached hydrogens (primary N) is 1. The summed E-state index contributed by atoms with van der Waals surface area (Å²) >= 11 is 6.06. The summed E-state index contributed by atoms with van der Waals surface area (Å²) in [5.74, 6) is 1.36. The van der Waals surface area contributed by atoms with E-state index in [9.17, 15) is 0 Å². The highest BCUT2D eigenvalue weighted by Gasteiger charge is 2.15. The average Bonchev–Trinajstić information content (AvgIpc) is 2.59. The summed E-state index contributed by atoms with van der Waals surface area (Å²) in [6.07, 6.45) is 1.71. The van der Waals surface area contributed by atoms with E-state index < -0.39 is 0 Å². The van der Waals surface area contributed by atoms with Crippen molar-refractivity contribution in [3.63, 3.8) is 0 Å². The number of rotatable bonds is 2. The topological polar surface area (TPSA) is 53.1 Å². The quantitative estimate of drug-likeness (QED) is 0.893. The van der Waals surface area contributed by atoms with Crippen molar-refractivity contribution >= 4 is 17.4 Å². The van der Waals surface area contributed by atoms with E-state index in [0.717, 1.165) is 22.4 Å². The highest BCUT2D eigenvalue weighted by atomic mass is 35.5. The van der Waals surface area contributed by atoms with Gasteiger partial charge in [0.05, 0.1) is 13.3 Å². The number of hydrogen-bond acceptors (Lipinski definition) is 3. The highest BCUT2D eigenvalue weighted by molar-refractivity contribution is 6.31. The van der Waals surface area contributed by atoms with Crippen LogP contribution in [-0.2, 0) is 7.05 Å². The zero-order valence-electron chi connectivity index (χ0n) is 9.99. The van der Waals surface area contributed by atoms with E-state index >= 15 is 0 Å². The van der Waals surface area contributed by atoms with Gasteiger partial charge in [0, 0.05) is 23.2 Å². The zero-order chi connectivity index (χ0) is 12.6. The first kappa shape index (κ1) is 11.8. The molecule has 4 nitrogen and oxygen atoms in total. The van der Waals surface area contributed by atoms with Crippen LogP contribution in [0.4, 0.5) is 5.82 Å². The molecule has 17 heavy (non-hydrogen) atoms. The monoisotopic (exact) mass is 251 g/mol. The summed E-state index contributed by atoms with van der Waals surface area (Å²) in [6.45, 7) is 1.95. The van der Waals surface area contributed by atoms with Crippen molar-refractivity contribution < 1.29 is 4.74 Å². The predicted molar refractivity (Wildman–Crippen MR) is 69.4 cm³/mol. The third-order valence-corrected chi connectivity index (χ3v) is 2.94. The molecule has 0 radical (unpaired) electrons. The molecule has 0 fully saturated rings. The summed E-state index contributed by atoms with van der Waals surface area (Å²) < 4.78 is 7.01. The van der Waals surface area contributed by atoms with E-state index in [1.807, 2.05) is 19.1 Å². The van der Waals surface area contributed by atoms with Crippen LogP contribution in [0, 0.1) is 6.92 Å². The third-order valence-electron chi connectivity index (χ3n) is 2.72. The molecule has 0 saturated carbocycles. The predicted octanol–water partition coefficient (Wildman–Crippen LogP) is 2.64. The SMILES string of the molecule is COc1c(C)cc(Cl)cc1-c1cnn(C)c1N. The molecular weight excluding hydrogens is 238 g/mol. The van der Waals surface area contributed by atoms with Crippen LogP contribution in [0.1, 0.15) is 5.56 Å². The molecular formula is C12H14ClN3O. The number of aromatic nitrogens is 2. The molecule has 0 saturated heterocycles. The van der Waals surface area contributed by atoms with Gasteiger partial charge in [0.25, 0.3) is 0 Å². The first-order valence-electron chi connectivity index (χ1n) is 5.16. The van der Waals surface area contributed by atoms with E-state index in [1.165, 1.54) is 0 Å². The normalized spacial score (nSPS) is 10.6. The lowest BCUT2D eigenvalue weighted by Crippen LogP contribution is -1.99. The Morgan fingerprint density at radius 3 is 2.59 bits per heavy atom. The maximum Gasteiger partial charge on any atom is 0.129 e. The van der Waals surface area contributed by atoms with Gasteiger partial charge in [0.2, 0.25) is 0 Å². The minimum absolute atomic E-state index is 0.588. The van der Waals surface area contributed by atoms with Crippen LogP contribution in [0.2, 0.25) is 5.02 Å². The highest BCUT2D eigenvalue weighted by Crippen LogP contribution is 2.37. The molecule has 90 valence electrons. The Balaban J connectivity index is 2.70. The van der Waals surface area contributed by atoms with Crippen LogP contribution in [0.5, 0.6) is 5.75 Å².